The predicted molar refractivity (Wildman–Crippen MR) is 140 cm³/mol. The summed E-state index contributed by atoms with van der Waals surface area (Å²) in [6.07, 6.45) is 0.629. The third-order valence-corrected chi connectivity index (χ3v) is 6.63. The van der Waals surface area contributed by atoms with Crippen molar-refractivity contribution < 1.29 is 9.53 Å². The molecule has 1 amide bonds. The maximum absolute atomic E-state index is 12.7. The van der Waals surface area contributed by atoms with Gasteiger partial charge in [0, 0.05) is 16.6 Å². The molecule has 0 fully saturated rings. The number of hydrogen-bond donors (Lipinski definition) is 1. The van der Waals surface area contributed by atoms with Gasteiger partial charge in [0.25, 0.3) is 0 Å². The second-order valence-electron chi connectivity index (χ2n) is 7.64. The van der Waals surface area contributed by atoms with Crippen molar-refractivity contribution in [2.24, 2.45) is 0 Å². The van der Waals surface area contributed by atoms with Crippen LogP contribution in [0.3, 0.4) is 0 Å². The molecule has 0 aliphatic carbocycles. The number of anilines is 1. The number of aromatic nitrogens is 3. The molecule has 8 heteroatoms. The molecular formula is C26H25BrN4O2S. The molecule has 0 aliphatic rings. The van der Waals surface area contributed by atoms with Gasteiger partial charge >= 0.3 is 0 Å². The molecule has 0 radical (unpaired) electrons. The van der Waals surface area contributed by atoms with E-state index in [9.17, 15) is 4.79 Å². The Hall–Kier alpha value is -3.10. The summed E-state index contributed by atoms with van der Waals surface area (Å²) in [7, 11) is 0. The van der Waals surface area contributed by atoms with E-state index in [0.717, 1.165) is 38.5 Å². The molecule has 4 aromatic rings. The Bertz CT molecular complexity index is 1260. The number of nitrogens with zero attached hydrogens (tertiary/aromatic N) is 3. The van der Waals surface area contributed by atoms with Crippen LogP contribution in [0.4, 0.5) is 5.69 Å². The summed E-state index contributed by atoms with van der Waals surface area (Å²) in [6, 6.07) is 23.8. The standard InChI is InChI=1S/C26H25BrN4O2S/c1-3-33-21-12-10-20(11-13-21)31-24(16-19-7-5-4-6-8-19)29-30-26(31)34-17-25(32)28-23-14-9-18(2)15-22(23)27/h4-15H,3,16-17H2,1-2H3,(H,28,32). The Labute approximate surface area is 211 Å². The fourth-order valence-corrected chi connectivity index (χ4v) is 4.81. The van der Waals surface area contributed by atoms with Crippen molar-refractivity contribution in [3.05, 3.63) is 94.2 Å². The van der Waals surface area contributed by atoms with Gasteiger partial charge in [-0.2, -0.15) is 0 Å². The maximum atomic E-state index is 12.7. The van der Waals surface area contributed by atoms with E-state index in [1.807, 2.05) is 79.1 Å². The molecule has 4 rings (SSSR count). The number of carbonyl (C=O) groups is 1. The largest absolute Gasteiger partial charge is 0.494 e. The molecule has 0 saturated carbocycles. The summed E-state index contributed by atoms with van der Waals surface area (Å²) >= 11 is 4.86. The topological polar surface area (TPSA) is 69.0 Å². The Morgan fingerprint density at radius 2 is 1.82 bits per heavy atom. The lowest BCUT2D eigenvalue weighted by molar-refractivity contribution is -0.113. The summed E-state index contributed by atoms with van der Waals surface area (Å²) in [5.74, 6) is 1.71. The lowest BCUT2D eigenvalue weighted by atomic mass is 10.1. The number of aryl methyl sites for hydroxylation is 1. The van der Waals surface area contributed by atoms with Gasteiger partial charge in [-0.15, -0.1) is 10.2 Å². The van der Waals surface area contributed by atoms with Crippen molar-refractivity contribution in [3.8, 4) is 11.4 Å². The molecule has 34 heavy (non-hydrogen) atoms. The molecule has 0 atom stereocenters. The van der Waals surface area contributed by atoms with Crippen molar-refractivity contribution in [2.75, 3.05) is 17.7 Å². The van der Waals surface area contributed by atoms with E-state index in [2.05, 4.69) is 43.6 Å². The molecule has 0 spiro atoms. The summed E-state index contributed by atoms with van der Waals surface area (Å²) in [6.45, 7) is 4.58. The average molecular weight is 537 g/mol. The predicted octanol–water partition coefficient (Wildman–Crippen LogP) is 6.06. The van der Waals surface area contributed by atoms with Crippen LogP contribution in [0.1, 0.15) is 23.9 Å². The zero-order valence-electron chi connectivity index (χ0n) is 19.0. The minimum Gasteiger partial charge on any atom is -0.494 e. The van der Waals surface area contributed by atoms with Gasteiger partial charge in [0.05, 0.1) is 18.0 Å². The first-order valence-electron chi connectivity index (χ1n) is 10.9. The Kier molecular flexibility index (Phi) is 8.03. The van der Waals surface area contributed by atoms with E-state index in [1.54, 1.807) is 0 Å². The van der Waals surface area contributed by atoms with Crippen molar-refractivity contribution in [1.29, 1.82) is 0 Å². The summed E-state index contributed by atoms with van der Waals surface area (Å²) in [5, 5.41) is 12.5. The van der Waals surface area contributed by atoms with Crippen LogP contribution >= 0.6 is 27.7 Å². The van der Waals surface area contributed by atoms with E-state index >= 15 is 0 Å². The summed E-state index contributed by atoms with van der Waals surface area (Å²) in [5.41, 5.74) is 3.92. The van der Waals surface area contributed by atoms with Crippen LogP contribution < -0.4 is 10.1 Å². The lowest BCUT2D eigenvalue weighted by Crippen LogP contribution is -2.15. The quantitative estimate of drug-likeness (QED) is 0.263. The number of hydrogen-bond acceptors (Lipinski definition) is 5. The van der Waals surface area contributed by atoms with Crippen molar-refractivity contribution in [1.82, 2.24) is 14.8 Å². The van der Waals surface area contributed by atoms with Gasteiger partial charge < -0.3 is 10.1 Å². The first kappa shape index (κ1) is 24.0. The van der Waals surface area contributed by atoms with E-state index in [0.29, 0.717) is 18.2 Å². The number of halogens is 1. The molecule has 1 N–H and O–H groups in total. The highest BCUT2D eigenvalue weighted by molar-refractivity contribution is 9.10. The zero-order valence-corrected chi connectivity index (χ0v) is 21.4. The van der Waals surface area contributed by atoms with Gasteiger partial charge in [0.1, 0.15) is 11.6 Å². The van der Waals surface area contributed by atoms with Gasteiger partial charge in [-0.1, -0.05) is 48.2 Å². The van der Waals surface area contributed by atoms with Crippen molar-refractivity contribution in [3.63, 3.8) is 0 Å². The molecular weight excluding hydrogens is 512 g/mol. The normalized spacial score (nSPS) is 10.8. The van der Waals surface area contributed by atoms with E-state index in [-0.39, 0.29) is 11.7 Å². The number of benzene rings is 3. The van der Waals surface area contributed by atoms with E-state index in [1.165, 1.54) is 11.8 Å². The molecule has 0 saturated heterocycles. The number of amides is 1. The molecule has 0 unspecified atom stereocenters. The Balaban J connectivity index is 1.55. The average Bonchev–Trinajstić information content (AvgIpc) is 3.23. The van der Waals surface area contributed by atoms with Crippen LogP contribution in [0.2, 0.25) is 0 Å². The third kappa shape index (κ3) is 6.07. The number of ether oxygens (including phenoxy) is 1. The Morgan fingerprint density at radius 3 is 2.53 bits per heavy atom. The van der Waals surface area contributed by atoms with E-state index in [4.69, 9.17) is 4.74 Å². The highest BCUT2D eigenvalue weighted by Gasteiger charge is 2.17. The van der Waals surface area contributed by atoms with Crippen molar-refractivity contribution in [2.45, 2.75) is 25.4 Å². The van der Waals surface area contributed by atoms with Crippen molar-refractivity contribution >= 4 is 39.3 Å². The van der Waals surface area contributed by atoms with Crippen LogP contribution in [0, 0.1) is 6.92 Å². The lowest BCUT2D eigenvalue weighted by Gasteiger charge is -2.12. The minimum absolute atomic E-state index is 0.111. The summed E-state index contributed by atoms with van der Waals surface area (Å²) < 4.78 is 8.44. The molecule has 0 bridgehead atoms. The molecule has 1 heterocycles. The van der Waals surface area contributed by atoms with Crippen LogP contribution in [0.5, 0.6) is 5.75 Å². The van der Waals surface area contributed by atoms with E-state index < -0.39 is 0 Å². The van der Waals surface area contributed by atoms with Gasteiger partial charge in [-0.25, -0.2) is 0 Å². The van der Waals surface area contributed by atoms with Gasteiger partial charge in [-0.3, -0.25) is 9.36 Å². The zero-order chi connectivity index (χ0) is 23.9. The second kappa shape index (κ2) is 11.4. The number of thioether (sulfide) groups is 1. The number of nitrogens with one attached hydrogen (secondary N) is 1. The second-order valence-corrected chi connectivity index (χ2v) is 9.44. The highest BCUT2D eigenvalue weighted by atomic mass is 79.9. The molecule has 0 aliphatic heterocycles. The van der Waals surface area contributed by atoms with Crippen LogP contribution in [0.15, 0.2) is 82.4 Å². The smallest absolute Gasteiger partial charge is 0.234 e. The fraction of sp³-hybridized carbons (Fsp3) is 0.192. The highest BCUT2D eigenvalue weighted by Crippen LogP contribution is 2.27. The SMILES string of the molecule is CCOc1ccc(-n2c(Cc3ccccc3)nnc2SCC(=O)Nc2ccc(C)cc2Br)cc1. The maximum Gasteiger partial charge on any atom is 0.234 e. The molecule has 6 nitrogen and oxygen atoms in total. The molecule has 3 aromatic carbocycles. The van der Waals surface area contributed by atoms with Crippen LogP contribution in [0.25, 0.3) is 5.69 Å². The first-order valence-corrected chi connectivity index (χ1v) is 12.7. The fourth-order valence-electron chi connectivity index (χ4n) is 3.44. The van der Waals surface area contributed by atoms with Gasteiger partial charge in [-0.05, 0) is 77.3 Å². The van der Waals surface area contributed by atoms with Crippen LogP contribution in [-0.2, 0) is 11.2 Å². The van der Waals surface area contributed by atoms with Crippen LogP contribution in [-0.4, -0.2) is 33.0 Å². The number of carbonyl (C=O) groups excluding carboxylic acids is 1. The third-order valence-electron chi connectivity index (χ3n) is 5.04. The van der Waals surface area contributed by atoms with Gasteiger partial charge in [0.2, 0.25) is 5.91 Å². The molecule has 1 aromatic heterocycles. The monoisotopic (exact) mass is 536 g/mol. The first-order chi connectivity index (χ1) is 16.5. The number of rotatable bonds is 9. The molecule has 174 valence electrons. The Morgan fingerprint density at radius 1 is 1.06 bits per heavy atom. The minimum atomic E-state index is -0.111. The van der Waals surface area contributed by atoms with Gasteiger partial charge in [0.15, 0.2) is 5.16 Å². The summed E-state index contributed by atoms with van der Waals surface area (Å²) in [4.78, 5) is 12.7.